The van der Waals surface area contributed by atoms with E-state index in [2.05, 4.69) is 10.6 Å². The van der Waals surface area contributed by atoms with Crippen LogP contribution in [0.5, 0.6) is 0 Å². The molecular weight excluding hydrogens is 262 g/mol. The van der Waals surface area contributed by atoms with Gasteiger partial charge in [-0.2, -0.15) is 0 Å². The number of amides is 4. The molecule has 0 aromatic rings. The van der Waals surface area contributed by atoms with Crippen LogP contribution in [-0.2, 0) is 19.4 Å². The maximum absolute atomic E-state index is 11.6. The molecule has 2 heterocycles. The highest BCUT2D eigenvalue weighted by atomic mass is 32.2. The zero-order valence-corrected chi connectivity index (χ0v) is 10.3. The van der Waals surface area contributed by atoms with Crippen LogP contribution in [-0.4, -0.2) is 61.8 Å². The molecule has 1 atom stereocenters. The fourth-order valence-electron chi connectivity index (χ4n) is 1.94. The highest BCUT2D eigenvalue weighted by molar-refractivity contribution is 7.91. The lowest BCUT2D eigenvalue weighted by atomic mass is 10.2. The Balaban J connectivity index is 1.86. The van der Waals surface area contributed by atoms with Crippen molar-refractivity contribution < 1.29 is 22.8 Å². The van der Waals surface area contributed by atoms with Crippen LogP contribution in [0.15, 0.2) is 0 Å². The van der Waals surface area contributed by atoms with E-state index in [0.717, 1.165) is 4.90 Å². The first-order valence-electron chi connectivity index (χ1n) is 5.45. The number of hydrogen-bond donors (Lipinski definition) is 2. The molecule has 4 amide bonds. The average Bonchev–Trinajstić information content (AvgIpc) is 2.75. The monoisotopic (exact) mass is 275 g/mol. The first-order chi connectivity index (χ1) is 8.37. The van der Waals surface area contributed by atoms with Crippen molar-refractivity contribution in [2.45, 2.75) is 12.5 Å². The van der Waals surface area contributed by atoms with Gasteiger partial charge in [-0.1, -0.05) is 0 Å². The lowest BCUT2D eigenvalue weighted by Gasteiger charge is -2.15. The highest BCUT2D eigenvalue weighted by Crippen LogP contribution is 2.11. The van der Waals surface area contributed by atoms with Gasteiger partial charge in [0.25, 0.3) is 5.91 Å². The van der Waals surface area contributed by atoms with Gasteiger partial charge in [0.2, 0.25) is 5.91 Å². The van der Waals surface area contributed by atoms with Gasteiger partial charge in [0, 0.05) is 6.04 Å². The van der Waals surface area contributed by atoms with E-state index in [-0.39, 0.29) is 24.6 Å². The minimum absolute atomic E-state index is 0.0566. The van der Waals surface area contributed by atoms with E-state index < -0.39 is 33.7 Å². The van der Waals surface area contributed by atoms with Crippen molar-refractivity contribution in [1.82, 2.24) is 15.5 Å². The number of hydrogen-bond acceptors (Lipinski definition) is 5. The van der Waals surface area contributed by atoms with Crippen LogP contribution in [0.3, 0.4) is 0 Å². The lowest BCUT2D eigenvalue weighted by Crippen LogP contribution is -2.44. The molecule has 0 spiro atoms. The Hall–Kier alpha value is -1.64. The second-order valence-electron chi connectivity index (χ2n) is 4.31. The largest absolute Gasteiger partial charge is 0.351 e. The summed E-state index contributed by atoms with van der Waals surface area (Å²) >= 11 is 0. The maximum atomic E-state index is 11.6. The van der Waals surface area contributed by atoms with Crippen molar-refractivity contribution in [2.75, 3.05) is 24.6 Å². The molecule has 100 valence electrons. The van der Waals surface area contributed by atoms with Crippen LogP contribution in [0.4, 0.5) is 4.79 Å². The van der Waals surface area contributed by atoms with E-state index in [9.17, 15) is 22.8 Å². The number of urea groups is 1. The first kappa shape index (κ1) is 12.8. The van der Waals surface area contributed by atoms with Crippen molar-refractivity contribution >= 4 is 27.7 Å². The summed E-state index contributed by atoms with van der Waals surface area (Å²) in [5.41, 5.74) is 0. The van der Waals surface area contributed by atoms with Crippen LogP contribution in [0.1, 0.15) is 6.42 Å². The summed E-state index contributed by atoms with van der Waals surface area (Å²) in [5, 5.41) is 4.80. The molecule has 2 saturated heterocycles. The minimum Gasteiger partial charge on any atom is -0.351 e. The molecule has 2 aliphatic rings. The summed E-state index contributed by atoms with van der Waals surface area (Å²) in [5.74, 6) is -1.02. The molecule has 0 aromatic carbocycles. The summed E-state index contributed by atoms with van der Waals surface area (Å²) < 4.78 is 22.4. The maximum Gasteiger partial charge on any atom is 0.325 e. The molecule has 2 fully saturated rings. The third-order valence-electron chi connectivity index (χ3n) is 2.84. The first-order valence-corrected chi connectivity index (χ1v) is 7.27. The second kappa shape index (κ2) is 4.56. The molecule has 2 N–H and O–H groups in total. The highest BCUT2D eigenvalue weighted by Gasteiger charge is 2.33. The van der Waals surface area contributed by atoms with Crippen LogP contribution >= 0.6 is 0 Å². The summed E-state index contributed by atoms with van der Waals surface area (Å²) in [6.07, 6.45) is 0.369. The molecule has 8 nitrogen and oxygen atoms in total. The van der Waals surface area contributed by atoms with Crippen molar-refractivity contribution in [2.24, 2.45) is 0 Å². The molecule has 0 aromatic heterocycles. The summed E-state index contributed by atoms with van der Waals surface area (Å²) in [7, 11) is -3.06. The molecule has 0 bridgehead atoms. The number of sulfone groups is 1. The van der Waals surface area contributed by atoms with Crippen molar-refractivity contribution in [1.29, 1.82) is 0 Å². The van der Waals surface area contributed by atoms with Crippen molar-refractivity contribution in [3.8, 4) is 0 Å². The normalized spacial score (nSPS) is 26.2. The molecule has 2 rings (SSSR count). The van der Waals surface area contributed by atoms with E-state index in [4.69, 9.17) is 0 Å². The number of rotatable bonds is 3. The summed E-state index contributed by atoms with van der Waals surface area (Å²) in [6.45, 7) is -0.481. The van der Waals surface area contributed by atoms with Crippen molar-refractivity contribution in [3.63, 3.8) is 0 Å². The second-order valence-corrected chi connectivity index (χ2v) is 6.53. The predicted molar refractivity (Wildman–Crippen MR) is 60.3 cm³/mol. The number of imide groups is 1. The summed E-state index contributed by atoms with van der Waals surface area (Å²) in [4.78, 5) is 34.8. The number of carbonyl (C=O) groups is 3. The van der Waals surface area contributed by atoms with Gasteiger partial charge in [-0.05, 0) is 6.42 Å². The van der Waals surface area contributed by atoms with Crippen LogP contribution < -0.4 is 10.6 Å². The van der Waals surface area contributed by atoms with E-state index >= 15 is 0 Å². The molecule has 0 saturated carbocycles. The van der Waals surface area contributed by atoms with Gasteiger partial charge in [-0.15, -0.1) is 0 Å². The molecule has 1 unspecified atom stereocenters. The van der Waals surface area contributed by atoms with Crippen LogP contribution in [0, 0.1) is 0 Å². The Morgan fingerprint density at radius 2 is 2.17 bits per heavy atom. The molecule has 9 heteroatoms. The number of carbonyl (C=O) groups excluding carboxylic acids is 3. The summed E-state index contributed by atoms with van der Waals surface area (Å²) in [6, 6.07) is -1.03. The Labute approximate surface area is 104 Å². The fraction of sp³-hybridized carbons (Fsp3) is 0.667. The Morgan fingerprint density at radius 1 is 1.44 bits per heavy atom. The van der Waals surface area contributed by atoms with E-state index in [1.165, 1.54) is 0 Å². The predicted octanol–water partition coefficient (Wildman–Crippen LogP) is -2.16. The Kier molecular flexibility index (Phi) is 3.24. The topological polar surface area (TPSA) is 113 Å². The molecular formula is C9H13N3O5S. The number of nitrogens with one attached hydrogen (secondary N) is 2. The van der Waals surface area contributed by atoms with Crippen LogP contribution in [0.2, 0.25) is 0 Å². The van der Waals surface area contributed by atoms with Gasteiger partial charge < -0.3 is 10.6 Å². The Morgan fingerprint density at radius 3 is 2.67 bits per heavy atom. The smallest absolute Gasteiger partial charge is 0.325 e. The van der Waals surface area contributed by atoms with E-state index in [1.54, 1.807) is 0 Å². The molecule has 18 heavy (non-hydrogen) atoms. The number of nitrogens with zero attached hydrogens (tertiary/aromatic N) is 1. The van der Waals surface area contributed by atoms with Gasteiger partial charge in [0.15, 0.2) is 9.84 Å². The zero-order chi connectivity index (χ0) is 13.3. The van der Waals surface area contributed by atoms with Crippen molar-refractivity contribution in [3.05, 3.63) is 0 Å². The standard InChI is InChI=1S/C9H13N3O5S/c13-7(4-12-8(14)3-10-9(12)15)11-6-1-2-18(16,17)5-6/h6H,1-5H2,(H,10,15)(H,11,13). The van der Waals surface area contributed by atoms with Gasteiger partial charge in [-0.25, -0.2) is 13.2 Å². The average molecular weight is 275 g/mol. The third-order valence-corrected chi connectivity index (χ3v) is 4.60. The molecule has 0 aliphatic carbocycles. The lowest BCUT2D eigenvalue weighted by molar-refractivity contribution is -0.130. The molecule has 0 radical (unpaired) electrons. The van der Waals surface area contributed by atoms with Gasteiger partial charge >= 0.3 is 6.03 Å². The fourth-order valence-corrected chi connectivity index (χ4v) is 3.61. The quantitative estimate of drug-likeness (QED) is 0.570. The van der Waals surface area contributed by atoms with E-state index in [0.29, 0.717) is 6.42 Å². The van der Waals surface area contributed by atoms with Gasteiger partial charge in [0.05, 0.1) is 18.1 Å². The third kappa shape index (κ3) is 2.78. The van der Waals surface area contributed by atoms with E-state index in [1.807, 2.05) is 0 Å². The van der Waals surface area contributed by atoms with Gasteiger partial charge in [0.1, 0.15) is 6.54 Å². The molecule has 2 aliphatic heterocycles. The Bertz CT molecular complexity index is 484. The van der Waals surface area contributed by atoms with Gasteiger partial charge in [-0.3, -0.25) is 14.5 Å². The SMILES string of the molecule is O=C(CN1C(=O)CNC1=O)NC1CCS(=O)(=O)C1. The zero-order valence-electron chi connectivity index (χ0n) is 9.51. The van der Waals surface area contributed by atoms with Crippen LogP contribution in [0.25, 0.3) is 0 Å². The minimum atomic E-state index is -3.06.